The summed E-state index contributed by atoms with van der Waals surface area (Å²) in [6, 6.07) is 8.09. The maximum atomic E-state index is 10.9. The molecule has 0 saturated carbocycles. The van der Waals surface area contributed by atoms with Gasteiger partial charge in [-0.2, -0.15) is 0 Å². The van der Waals surface area contributed by atoms with Crippen molar-refractivity contribution in [1.82, 2.24) is 0 Å². The lowest BCUT2D eigenvalue weighted by Gasteiger charge is -2.11. The number of unbranched alkanes of at least 4 members (excludes halogenated alkanes) is 5. The molecule has 0 bridgehead atoms. The van der Waals surface area contributed by atoms with E-state index in [2.05, 4.69) is 19.6 Å². The van der Waals surface area contributed by atoms with Gasteiger partial charge in [0, 0.05) is 6.08 Å². The fraction of sp³-hybridized carbons (Fsp3) is 0.526. The molecule has 1 aromatic rings. The number of esters is 1. The first-order valence-electron chi connectivity index (χ1n) is 8.27. The summed E-state index contributed by atoms with van der Waals surface area (Å²) in [5.74, 6) is 0.481. The summed E-state index contributed by atoms with van der Waals surface area (Å²) in [7, 11) is 0. The number of rotatable bonds is 12. The van der Waals surface area contributed by atoms with E-state index in [1.165, 1.54) is 44.1 Å². The summed E-state index contributed by atoms with van der Waals surface area (Å²) < 4.78 is 10.6. The zero-order valence-electron chi connectivity index (χ0n) is 13.7. The Labute approximate surface area is 134 Å². The van der Waals surface area contributed by atoms with E-state index >= 15 is 0 Å². The molecule has 22 heavy (non-hydrogen) atoms. The molecule has 122 valence electrons. The molecule has 0 N–H and O–H groups in total. The molecule has 0 fully saturated rings. The van der Waals surface area contributed by atoms with Crippen molar-refractivity contribution in [1.29, 1.82) is 0 Å². The summed E-state index contributed by atoms with van der Waals surface area (Å²) in [4.78, 5) is 10.9. The second-order valence-electron chi connectivity index (χ2n) is 5.35. The van der Waals surface area contributed by atoms with Gasteiger partial charge in [0.25, 0.3) is 0 Å². The lowest BCUT2D eigenvalue weighted by atomic mass is 10.0. The predicted molar refractivity (Wildman–Crippen MR) is 90.2 cm³/mol. The number of carbonyl (C=O) groups excluding carboxylic acids is 1. The average molecular weight is 304 g/mol. The Balaban J connectivity index is 2.29. The molecule has 0 spiro atoms. The van der Waals surface area contributed by atoms with Gasteiger partial charge < -0.3 is 9.47 Å². The van der Waals surface area contributed by atoms with Gasteiger partial charge in [-0.1, -0.05) is 63.8 Å². The standard InChI is InChI=1S/C19H28O3/c1-3-5-6-7-8-9-12-17-13-10-11-14-18(17)21-15-16-22-19(20)4-2/h4,10-11,13-14H,2-3,5-9,12,15-16H2,1H3. The van der Waals surface area contributed by atoms with Crippen LogP contribution < -0.4 is 4.74 Å². The minimum absolute atomic E-state index is 0.246. The number of benzene rings is 1. The van der Waals surface area contributed by atoms with Crippen LogP contribution in [-0.2, 0) is 16.0 Å². The third kappa shape index (κ3) is 7.87. The second-order valence-corrected chi connectivity index (χ2v) is 5.35. The molecule has 0 amide bonds. The van der Waals surface area contributed by atoms with E-state index in [4.69, 9.17) is 9.47 Å². The van der Waals surface area contributed by atoms with Crippen LogP contribution >= 0.6 is 0 Å². The Morgan fingerprint density at radius 3 is 2.59 bits per heavy atom. The summed E-state index contributed by atoms with van der Waals surface area (Å²) >= 11 is 0. The van der Waals surface area contributed by atoms with Crippen molar-refractivity contribution in [2.75, 3.05) is 13.2 Å². The molecule has 0 aliphatic rings. The van der Waals surface area contributed by atoms with Gasteiger partial charge in [-0.25, -0.2) is 4.79 Å². The van der Waals surface area contributed by atoms with E-state index in [1.54, 1.807) is 0 Å². The minimum atomic E-state index is -0.413. The maximum absolute atomic E-state index is 10.9. The number of ether oxygens (including phenoxy) is 2. The van der Waals surface area contributed by atoms with Gasteiger partial charge in [0.2, 0.25) is 0 Å². The normalized spacial score (nSPS) is 10.2. The smallest absolute Gasteiger partial charge is 0.330 e. The third-order valence-electron chi connectivity index (χ3n) is 3.52. The zero-order chi connectivity index (χ0) is 16.0. The van der Waals surface area contributed by atoms with Crippen LogP contribution in [0, 0.1) is 0 Å². The van der Waals surface area contributed by atoms with Crippen LogP contribution in [0.1, 0.15) is 51.0 Å². The highest BCUT2D eigenvalue weighted by molar-refractivity contribution is 5.81. The summed E-state index contributed by atoms with van der Waals surface area (Å²) in [5, 5.41) is 0. The van der Waals surface area contributed by atoms with E-state index in [0.29, 0.717) is 6.61 Å². The van der Waals surface area contributed by atoms with Crippen molar-refractivity contribution in [3.05, 3.63) is 42.5 Å². The number of aryl methyl sites for hydroxylation is 1. The number of carbonyl (C=O) groups is 1. The van der Waals surface area contributed by atoms with Crippen molar-refractivity contribution >= 4 is 5.97 Å². The molecular weight excluding hydrogens is 276 g/mol. The van der Waals surface area contributed by atoms with Crippen LogP contribution in [0.5, 0.6) is 5.75 Å². The fourth-order valence-electron chi connectivity index (χ4n) is 2.30. The molecule has 0 heterocycles. The van der Waals surface area contributed by atoms with Gasteiger partial charge in [0.15, 0.2) is 0 Å². The van der Waals surface area contributed by atoms with Crippen molar-refractivity contribution < 1.29 is 14.3 Å². The Hall–Kier alpha value is -1.77. The van der Waals surface area contributed by atoms with Crippen molar-refractivity contribution in [2.24, 2.45) is 0 Å². The molecule has 1 rings (SSSR count). The third-order valence-corrected chi connectivity index (χ3v) is 3.52. The van der Waals surface area contributed by atoms with Gasteiger partial charge >= 0.3 is 5.97 Å². The van der Waals surface area contributed by atoms with Crippen molar-refractivity contribution in [2.45, 2.75) is 51.9 Å². The molecule has 3 nitrogen and oxygen atoms in total. The average Bonchev–Trinajstić information content (AvgIpc) is 2.55. The van der Waals surface area contributed by atoms with E-state index in [0.717, 1.165) is 18.2 Å². The Morgan fingerprint density at radius 1 is 1.09 bits per heavy atom. The van der Waals surface area contributed by atoms with E-state index in [9.17, 15) is 4.79 Å². The highest BCUT2D eigenvalue weighted by Crippen LogP contribution is 2.20. The molecule has 0 radical (unpaired) electrons. The zero-order valence-corrected chi connectivity index (χ0v) is 13.7. The second kappa shape index (κ2) is 11.8. The molecule has 0 aliphatic carbocycles. The van der Waals surface area contributed by atoms with Gasteiger partial charge in [-0.15, -0.1) is 0 Å². The van der Waals surface area contributed by atoms with Crippen LogP contribution in [0.2, 0.25) is 0 Å². The quantitative estimate of drug-likeness (QED) is 0.319. The first kappa shape index (κ1) is 18.3. The largest absolute Gasteiger partial charge is 0.490 e. The molecule has 0 atom stereocenters. The van der Waals surface area contributed by atoms with Crippen LogP contribution in [0.15, 0.2) is 36.9 Å². The highest BCUT2D eigenvalue weighted by atomic mass is 16.6. The van der Waals surface area contributed by atoms with Gasteiger partial charge in [-0.3, -0.25) is 0 Å². The molecule has 0 aromatic heterocycles. The van der Waals surface area contributed by atoms with Crippen molar-refractivity contribution in [3.63, 3.8) is 0 Å². The molecule has 1 aromatic carbocycles. The fourth-order valence-corrected chi connectivity index (χ4v) is 2.30. The Bertz CT molecular complexity index is 440. The van der Waals surface area contributed by atoms with Crippen LogP contribution in [0.4, 0.5) is 0 Å². The molecule has 0 unspecified atom stereocenters. The number of hydrogen-bond donors (Lipinski definition) is 0. The molecule has 0 aliphatic heterocycles. The van der Waals surface area contributed by atoms with E-state index in [1.807, 2.05) is 18.2 Å². The van der Waals surface area contributed by atoms with Crippen LogP contribution in [0.25, 0.3) is 0 Å². The SMILES string of the molecule is C=CC(=O)OCCOc1ccccc1CCCCCCCC. The number of hydrogen-bond acceptors (Lipinski definition) is 3. The first-order valence-corrected chi connectivity index (χ1v) is 8.27. The Morgan fingerprint density at radius 2 is 1.82 bits per heavy atom. The van der Waals surface area contributed by atoms with Gasteiger partial charge in [0.1, 0.15) is 19.0 Å². The Kier molecular flexibility index (Phi) is 9.84. The molecule has 0 saturated heterocycles. The summed E-state index contributed by atoms with van der Waals surface area (Å²) in [6.45, 7) is 6.21. The maximum Gasteiger partial charge on any atom is 0.330 e. The van der Waals surface area contributed by atoms with E-state index in [-0.39, 0.29) is 6.61 Å². The van der Waals surface area contributed by atoms with E-state index < -0.39 is 5.97 Å². The van der Waals surface area contributed by atoms with Gasteiger partial charge in [0.05, 0.1) is 0 Å². The summed E-state index contributed by atoms with van der Waals surface area (Å²) in [5.41, 5.74) is 1.23. The highest BCUT2D eigenvalue weighted by Gasteiger charge is 2.03. The lowest BCUT2D eigenvalue weighted by Crippen LogP contribution is -2.10. The minimum Gasteiger partial charge on any atom is -0.490 e. The summed E-state index contributed by atoms with van der Waals surface area (Å²) in [6.07, 6.45) is 9.93. The topological polar surface area (TPSA) is 35.5 Å². The monoisotopic (exact) mass is 304 g/mol. The van der Waals surface area contributed by atoms with Gasteiger partial charge in [-0.05, 0) is 24.5 Å². The first-order chi connectivity index (χ1) is 10.8. The van der Waals surface area contributed by atoms with Crippen molar-refractivity contribution in [3.8, 4) is 5.75 Å². The van der Waals surface area contributed by atoms with Crippen LogP contribution in [0.3, 0.4) is 0 Å². The number of para-hydroxylation sites is 1. The molecular formula is C19H28O3. The predicted octanol–water partition coefficient (Wildman–Crippen LogP) is 4.70. The van der Waals surface area contributed by atoms with Crippen LogP contribution in [-0.4, -0.2) is 19.2 Å². The lowest BCUT2D eigenvalue weighted by molar-refractivity contribution is -0.138. The molecule has 3 heteroatoms.